The Hall–Kier alpha value is -1.79. The van der Waals surface area contributed by atoms with Gasteiger partial charge >= 0.3 is 0 Å². The summed E-state index contributed by atoms with van der Waals surface area (Å²) in [5, 5.41) is 1.88. The number of hydrogen-bond acceptors (Lipinski definition) is 5. The molecule has 1 aliphatic rings. The van der Waals surface area contributed by atoms with Crippen LogP contribution in [0.3, 0.4) is 0 Å². The smallest absolute Gasteiger partial charge is 0.272 e. The van der Waals surface area contributed by atoms with Gasteiger partial charge in [0, 0.05) is 29.5 Å². The molecule has 2 heterocycles. The number of hydrogen-bond donors (Lipinski definition) is 2. The molecule has 2 aromatic rings. The van der Waals surface area contributed by atoms with Gasteiger partial charge in [-0.2, -0.15) is 11.8 Å². The summed E-state index contributed by atoms with van der Waals surface area (Å²) in [5.41, 5.74) is 3.04. The number of nitrogen functional groups attached to an aromatic ring is 1. The highest BCUT2D eigenvalue weighted by Crippen LogP contribution is 2.24. The van der Waals surface area contributed by atoms with Crippen molar-refractivity contribution in [1.82, 2.24) is 9.88 Å². The molecule has 0 saturated carbocycles. The van der Waals surface area contributed by atoms with Crippen molar-refractivity contribution in [2.75, 3.05) is 23.5 Å². The van der Waals surface area contributed by atoms with E-state index in [2.05, 4.69) is 17.3 Å². The van der Waals surface area contributed by atoms with Gasteiger partial charge in [-0.3, -0.25) is 4.79 Å². The van der Waals surface area contributed by atoms with E-state index < -0.39 is 0 Å². The first kappa shape index (κ1) is 14.2. The molecule has 1 fully saturated rings. The number of fused-ring (bicyclic) bond motifs is 1. The number of thioether (sulfide) groups is 1. The van der Waals surface area contributed by atoms with Gasteiger partial charge in [0.1, 0.15) is 11.5 Å². The van der Waals surface area contributed by atoms with Gasteiger partial charge < -0.3 is 10.3 Å². The Morgan fingerprint density at radius 1 is 1.48 bits per heavy atom. The second-order valence-electron chi connectivity index (χ2n) is 5.14. The van der Waals surface area contributed by atoms with Crippen molar-refractivity contribution < 1.29 is 4.79 Å². The average Bonchev–Trinajstić information content (AvgIpc) is 2.53. The minimum absolute atomic E-state index is 0.0231. The average molecular weight is 302 g/mol. The molecule has 21 heavy (non-hydrogen) atoms. The van der Waals surface area contributed by atoms with E-state index in [0.717, 1.165) is 28.8 Å². The molecule has 5 nitrogen and oxygen atoms in total. The molecule has 1 aromatic carbocycles. The number of anilines is 1. The summed E-state index contributed by atoms with van der Waals surface area (Å²) < 4.78 is 0. The zero-order chi connectivity index (χ0) is 14.8. The Kier molecular flexibility index (Phi) is 3.98. The summed E-state index contributed by atoms with van der Waals surface area (Å²) >= 11 is 1.88. The van der Waals surface area contributed by atoms with Crippen LogP contribution in [-0.2, 0) is 0 Å². The van der Waals surface area contributed by atoms with Gasteiger partial charge in [-0.15, -0.1) is 0 Å². The van der Waals surface area contributed by atoms with Crippen molar-refractivity contribution in [2.45, 2.75) is 13.0 Å². The lowest BCUT2D eigenvalue weighted by Crippen LogP contribution is -2.44. The fourth-order valence-electron chi connectivity index (χ4n) is 2.59. The summed E-state index contributed by atoms with van der Waals surface area (Å²) in [6.45, 7) is 2.85. The normalized spacial score (nSPS) is 18.8. The molecule has 6 heteroatoms. The molecule has 110 valence electrons. The van der Waals surface area contributed by atoms with E-state index in [0.29, 0.717) is 11.5 Å². The molecule has 3 rings (SSSR count). The Labute approximate surface area is 127 Å². The van der Waals surface area contributed by atoms with Gasteiger partial charge in [0.05, 0.1) is 0 Å². The summed E-state index contributed by atoms with van der Waals surface area (Å²) in [6, 6.07) is 9.84. The van der Waals surface area contributed by atoms with Crippen LogP contribution in [0.15, 0.2) is 30.3 Å². The number of hydrazine groups is 1. The van der Waals surface area contributed by atoms with E-state index in [-0.39, 0.29) is 11.9 Å². The van der Waals surface area contributed by atoms with Gasteiger partial charge in [0.25, 0.3) is 5.91 Å². The third-order valence-corrected chi connectivity index (χ3v) is 4.91. The van der Waals surface area contributed by atoms with E-state index in [1.807, 2.05) is 47.0 Å². The van der Waals surface area contributed by atoms with Gasteiger partial charge in [-0.25, -0.2) is 10.8 Å². The molecule has 1 aliphatic heterocycles. The predicted octanol–water partition coefficient (Wildman–Crippen LogP) is 2.10. The Morgan fingerprint density at radius 3 is 3.05 bits per heavy atom. The highest BCUT2D eigenvalue weighted by Gasteiger charge is 2.26. The first-order valence-corrected chi connectivity index (χ1v) is 8.11. The number of rotatable bonds is 2. The van der Waals surface area contributed by atoms with Crippen LogP contribution in [0.25, 0.3) is 10.8 Å². The van der Waals surface area contributed by atoms with Gasteiger partial charge in [0.15, 0.2) is 0 Å². The lowest BCUT2D eigenvalue weighted by Gasteiger charge is -2.32. The van der Waals surface area contributed by atoms with Crippen LogP contribution >= 0.6 is 11.8 Å². The minimum atomic E-state index is -0.0231. The Balaban J connectivity index is 2.01. The fourth-order valence-corrected chi connectivity index (χ4v) is 3.61. The Morgan fingerprint density at radius 2 is 2.29 bits per heavy atom. The number of carbonyl (C=O) groups excluding carboxylic acids is 1. The first-order valence-electron chi connectivity index (χ1n) is 6.96. The SMILES string of the molecule is CC1CSCCN1C(=O)c1cc2ccccc2c(NN)n1. The van der Waals surface area contributed by atoms with E-state index in [1.165, 1.54) is 0 Å². The van der Waals surface area contributed by atoms with Crippen molar-refractivity contribution in [1.29, 1.82) is 0 Å². The number of nitrogens with zero attached hydrogens (tertiary/aromatic N) is 2. The molecule has 0 aliphatic carbocycles. The summed E-state index contributed by atoms with van der Waals surface area (Å²) in [7, 11) is 0. The summed E-state index contributed by atoms with van der Waals surface area (Å²) in [6.07, 6.45) is 0. The van der Waals surface area contributed by atoms with Crippen molar-refractivity contribution in [3.63, 3.8) is 0 Å². The van der Waals surface area contributed by atoms with Crippen LogP contribution in [0, 0.1) is 0 Å². The molecule has 1 aromatic heterocycles. The number of carbonyl (C=O) groups is 1. The molecule has 1 amide bonds. The molecule has 1 saturated heterocycles. The number of nitrogens with one attached hydrogen (secondary N) is 1. The lowest BCUT2D eigenvalue weighted by atomic mass is 10.1. The van der Waals surface area contributed by atoms with Gasteiger partial charge in [-0.05, 0) is 18.4 Å². The second kappa shape index (κ2) is 5.91. The van der Waals surface area contributed by atoms with Crippen LogP contribution < -0.4 is 11.3 Å². The standard InChI is InChI=1S/C15H18N4OS/c1-10-9-21-7-6-19(10)15(20)13-8-11-4-2-3-5-12(11)14(17-13)18-16/h2-5,8,10H,6-7,9,16H2,1H3,(H,17,18). The maximum atomic E-state index is 12.7. The molecule has 1 atom stereocenters. The number of aromatic nitrogens is 1. The molecule has 0 spiro atoms. The monoisotopic (exact) mass is 302 g/mol. The number of nitrogens with two attached hydrogens (primary N) is 1. The van der Waals surface area contributed by atoms with Crippen LogP contribution in [-0.4, -0.2) is 39.9 Å². The van der Waals surface area contributed by atoms with Crippen LogP contribution in [0.4, 0.5) is 5.82 Å². The quantitative estimate of drug-likeness (QED) is 0.656. The fraction of sp³-hybridized carbons (Fsp3) is 0.333. The zero-order valence-electron chi connectivity index (χ0n) is 11.9. The first-order chi connectivity index (χ1) is 10.2. The zero-order valence-corrected chi connectivity index (χ0v) is 12.7. The highest BCUT2D eigenvalue weighted by molar-refractivity contribution is 7.99. The second-order valence-corrected chi connectivity index (χ2v) is 6.29. The molecule has 0 radical (unpaired) electrons. The van der Waals surface area contributed by atoms with E-state index >= 15 is 0 Å². The summed E-state index contributed by atoms with van der Waals surface area (Å²) in [4.78, 5) is 19.0. The topological polar surface area (TPSA) is 71.2 Å². The van der Waals surface area contributed by atoms with Crippen molar-refractivity contribution in [2.24, 2.45) is 5.84 Å². The van der Waals surface area contributed by atoms with Crippen molar-refractivity contribution in [3.8, 4) is 0 Å². The van der Waals surface area contributed by atoms with Gasteiger partial charge in [-0.1, -0.05) is 24.3 Å². The van der Waals surface area contributed by atoms with Crippen molar-refractivity contribution in [3.05, 3.63) is 36.0 Å². The number of pyridine rings is 1. The van der Waals surface area contributed by atoms with E-state index in [4.69, 9.17) is 5.84 Å². The third kappa shape index (κ3) is 2.69. The molecule has 3 N–H and O–H groups in total. The number of benzene rings is 1. The summed E-state index contributed by atoms with van der Waals surface area (Å²) in [5.74, 6) is 8.02. The lowest BCUT2D eigenvalue weighted by molar-refractivity contribution is 0.0710. The Bertz CT molecular complexity index is 676. The molecule has 1 unspecified atom stereocenters. The van der Waals surface area contributed by atoms with Crippen LogP contribution in [0.1, 0.15) is 17.4 Å². The van der Waals surface area contributed by atoms with Crippen molar-refractivity contribution >= 4 is 34.3 Å². The van der Waals surface area contributed by atoms with E-state index in [9.17, 15) is 4.79 Å². The van der Waals surface area contributed by atoms with Gasteiger partial charge in [0.2, 0.25) is 0 Å². The van der Waals surface area contributed by atoms with Crippen LogP contribution in [0.5, 0.6) is 0 Å². The van der Waals surface area contributed by atoms with E-state index in [1.54, 1.807) is 0 Å². The molecular formula is C15H18N4OS. The largest absolute Gasteiger partial charge is 0.333 e. The third-order valence-electron chi connectivity index (χ3n) is 3.72. The molecule has 0 bridgehead atoms. The highest BCUT2D eigenvalue weighted by atomic mass is 32.2. The maximum absolute atomic E-state index is 12.7. The predicted molar refractivity (Wildman–Crippen MR) is 87.4 cm³/mol. The number of amides is 1. The molecular weight excluding hydrogens is 284 g/mol. The van der Waals surface area contributed by atoms with Crippen LogP contribution in [0.2, 0.25) is 0 Å². The maximum Gasteiger partial charge on any atom is 0.272 e. The minimum Gasteiger partial charge on any atom is -0.333 e.